The third-order valence-electron chi connectivity index (χ3n) is 1.40. The van der Waals surface area contributed by atoms with Crippen LogP contribution in [0.15, 0.2) is 10.2 Å². The van der Waals surface area contributed by atoms with Gasteiger partial charge in [-0.25, -0.2) is 0 Å². The zero-order chi connectivity index (χ0) is 9.45. The van der Waals surface area contributed by atoms with E-state index in [0.29, 0.717) is 6.42 Å². The minimum absolute atomic E-state index is 0.0949. The molecule has 0 spiro atoms. The minimum Gasteiger partial charge on any atom is -0.384 e. The lowest BCUT2D eigenvalue weighted by molar-refractivity contribution is 0.133. The normalized spacial score (nSPS) is 13.8. The van der Waals surface area contributed by atoms with Gasteiger partial charge in [0.05, 0.1) is 6.61 Å². The molecule has 12 heavy (non-hydrogen) atoms. The van der Waals surface area contributed by atoms with Crippen molar-refractivity contribution in [3.63, 3.8) is 0 Å². The Morgan fingerprint density at radius 3 is 2.08 bits per heavy atom. The Morgan fingerprint density at radius 2 is 1.83 bits per heavy atom. The quantitative estimate of drug-likeness (QED) is 0.352. The van der Waals surface area contributed by atoms with Gasteiger partial charge in [0.1, 0.15) is 5.66 Å². The van der Waals surface area contributed by atoms with Crippen molar-refractivity contribution in [3.05, 3.63) is 20.9 Å². The smallest absolute Gasteiger partial charge is 0.150 e. The highest BCUT2D eigenvalue weighted by atomic mass is 16.5. The van der Waals surface area contributed by atoms with Crippen LogP contribution in [-0.2, 0) is 4.74 Å². The molecule has 0 heterocycles. The van der Waals surface area contributed by atoms with E-state index in [1.807, 2.05) is 0 Å². The molecule has 0 N–H and O–H groups in total. The molecule has 0 amide bonds. The molecule has 0 aromatic heterocycles. The molecule has 66 valence electrons. The van der Waals surface area contributed by atoms with Gasteiger partial charge in [-0.1, -0.05) is 17.2 Å². The predicted octanol–water partition coefficient (Wildman–Crippen LogP) is 2.36. The van der Waals surface area contributed by atoms with Gasteiger partial charge in [-0.15, -0.1) is 0 Å². The molecule has 0 rings (SSSR count). The van der Waals surface area contributed by atoms with Gasteiger partial charge in [-0.2, -0.15) is 0 Å². The summed E-state index contributed by atoms with van der Waals surface area (Å²) in [7, 11) is 1.45. The van der Waals surface area contributed by atoms with E-state index >= 15 is 0 Å². The Balaban J connectivity index is 4.73. The molecular weight excluding hydrogens is 160 g/mol. The third-order valence-corrected chi connectivity index (χ3v) is 1.40. The zero-order valence-corrected chi connectivity index (χ0v) is 7.01. The molecule has 0 atom stereocenters. The predicted molar refractivity (Wildman–Crippen MR) is 43.2 cm³/mol. The SMILES string of the molecule is CCC(COC)(N=[N+]=[N-])N=[N+]=[N-]. The Morgan fingerprint density at radius 1 is 1.33 bits per heavy atom. The zero-order valence-electron chi connectivity index (χ0n) is 7.01. The van der Waals surface area contributed by atoms with E-state index in [9.17, 15) is 0 Å². The van der Waals surface area contributed by atoms with Crippen LogP contribution in [0.25, 0.3) is 20.9 Å². The van der Waals surface area contributed by atoms with E-state index in [1.165, 1.54) is 7.11 Å². The molecular formula is C5H10N6O. The van der Waals surface area contributed by atoms with Crippen molar-refractivity contribution >= 4 is 0 Å². The van der Waals surface area contributed by atoms with Crippen LogP contribution < -0.4 is 0 Å². The molecule has 7 nitrogen and oxygen atoms in total. The van der Waals surface area contributed by atoms with E-state index < -0.39 is 5.66 Å². The van der Waals surface area contributed by atoms with Crippen molar-refractivity contribution in [3.8, 4) is 0 Å². The lowest BCUT2D eigenvalue weighted by Gasteiger charge is -2.19. The van der Waals surface area contributed by atoms with Crippen molar-refractivity contribution < 1.29 is 4.74 Å². The van der Waals surface area contributed by atoms with Gasteiger partial charge >= 0.3 is 0 Å². The fraction of sp³-hybridized carbons (Fsp3) is 1.00. The second kappa shape index (κ2) is 5.26. The Kier molecular flexibility index (Phi) is 4.64. The van der Waals surface area contributed by atoms with Crippen molar-refractivity contribution in [2.75, 3.05) is 13.7 Å². The van der Waals surface area contributed by atoms with Crippen LogP contribution >= 0.6 is 0 Å². The number of methoxy groups -OCH3 is 1. The largest absolute Gasteiger partial charge is 0.384 e. The molecule has 0 saturated carbocycles. The molecule has 0 aliphatic rings. The highest BCUT2D eigenvalue weighted by Crippen LogP contribution is 2.18. The molecule has 0 aliphatic carbocycles. The first-order valence-electron chi connectivity index (χ1n) is 3.36. The van der Waals surface area contributed by atoms with Crippen LogP contribution in [0.5, 0.6) is 0 Å². The first-order chi connectivity index (χ1) is 5.74. The van der Waals surface area contributed by atoms with Gasteiger partial charge in [-0.3, -0.25) is 0 Å². The summed E-state index contributed by atoms with van der Waals surface area (Å²) >= 11 is 0. The molecule has 0 aromatic carbocycles. The highest BCUT2D eigenvalue weighted by molar-refractivity contribution is 4.84. The maximum absolute atomic E-state index is 8.21. The van der Waals surface area contributed by atoms with Gasteiger partial charge in [0.25, 0.3) is 0 Å². The summed E-state index contributed by atoms with van der Waals surface area (Å²) in [5.41, 5.74) is 15.3. The first kappa shape index (κ1) is 10.6. The Bertz CT molecular complexity index is 208. The topological polar surface area (TPSA) is 107 Å². The maximum Gasteiger partial charge on any atom is 0.150 e. The highest BCUT2D eigenvalue weighted by Gasteiger charge is 2.24. The maximum atomic E-state index is 8.21. The summed E-state index contributed by atoms with van der Waals surface area (Å²) in [5.74, 6) is 0. The van der Waals surface area contributed by atoms with Crippen molar-refractivity contribution in [1.82, 2.24) is 0 Å². The molecule has 0 aliphatic heterocycles. The molecule has 0 bridgehead atoms. The monoisotopic (exact) mass is 170 g/mol. The van der Waals surface area contributed by atoms with Crippen LogP contribution in [0, 0.1) is 0 Å². The molecule has 0 radical (unpaired) electrons. The minimum atomic E-state index is -1.11. The number of nitrogens with zero attached hydrogens (tertiary/aromatic N) is 6. The number of hydrogen-bond acceptors (Lipinski definition) is 3. The summed E-state index contributed by atoms with van der Waals surface area (Å²) in [6, 6.07) is 0. The molecule has 0 saturated heterocycles. The fourth-order valence-electron chi connectivity index (χ4n) is 0.719. The Hall–Kier alpha value is -1.42. The number of hydrogen-bond donors (Lipinski definition) is 0. The molecule has 0 fully saturated rings. The van der Waals surface area contributed by atoms with E-state index in [4.69, 9.17) is 15.8 Å². The molecule has 0 aromatic rings. The van der Waals surface area contributed by atoms with Crippen LogP contribution in [-0.4, -0.2) is 19.4 Å². The van der Waals surface area contributed by atoms with Crippen molar-refractivity contribution in [2.24, 2.45) is 10.2 Å². The van der Waals surface area contributed by atoms with Crippen molar-refractivity contribution in [2.45, 2.75) is 19.0 Å². The van der Waals surface area contributed by atoms with Crippen LogP contribution in [0.4, 0.5) is 0 Å². The summed E-state index contributed by atoms with van der Waals surface area (Å²) in [6.45, 7) is 1.85. The second-order valence-corrected chi connectivity index (χ2v) is 2.15. The van der Waals surface area contributed by atoms with Crippen LogP contribution in [0.2, 0.25) is 0 Å². The third kappa shape index (κ3) is 2.67. The van der Waals surface area contributed by atoms with E-state index in [2.05, 4.69) is 20.1 Å². The summed E-state index contributed by atoms with van der Waals surface area (Å²) in [4.78, 5) is 5.19. The second-order valence-electron chi connectivity index (χ2n) is 2.15. The number of rotatable bonds is 5. The average Bonchev–Trinajstić information content (AvgIpc) is 2.06. The van der Waals surface area contributed by atoms with E-state index in [-0.39, 0.29) is 6.61 Å². The Labute approximate surface area is 69.6 Å². The molecule has 0 unspecified atom stereocenters. The summed E-state index contributed by atoms with van der Waals surface area (Å²) in [6.07, 6.45) is 0.412. The molecule has 7 heteroatoms. The van der Waals surface area contributed by atoms with Gasteiger partial charge in [-0.05, 0) is 17.5 Å². The van der Waals surface area contributed by atoms with Gasteiger partial charge in [0.15, 0.2) is 0 Å². The van der Waals surface area contributed by atoms with Gasteiger partial charge in [0.2, 0.25) is 0 Å². The van der Waals surface area contributed by atoms with Gasteiger partial charge in [0, 0.05) is 16.9 Å². The fourth-order valence-corrected chi connectivity index (χ4v) is 0.719. The number of azide groups is 1. The standard InChI is InChI=1S/C5H10N6O/c1-3-5(4-12-2,8-10-6)9-11-7/h3-4H2,1-2H3. The lowest BCUT2D eigenvalue weighted by Crippen LogP contribution is -2.27. The van der Waals surface area contributed by atoms with Gasteiger partial charge < -0.3 is 4.74 Å². The average molecular weight is 170 g/mol. The lowest BCUT2D eigenvalue weighted by atomic mass is 10.1. The van der Waals surface area contributed by atoms with E-state index in [0.717, 1.165) is 0 Å². The van der Waals surface area contributed by atoms with Crippen molar-refractivity contribution in [1.29, 1.82) is 0 Å². The van der Waals surface area contributed by atoms with Crippen LogP contribution in [0.1, 0.15) is 13.3 Å². The number of ether oxygens (including phenoxy) is 1. The van der Waals surface area contributed by atoms with E-state index in [1.54, 1.807) is 6.92 Å². The van der Waals surface area contributed by atoms with Crippen LogP contribution in [0.3, 0.4) is 0 Å². The first-order valence-corrected chi connectivity index (χ1v) is 3.36. The summed E-state index contributed by atoms with van der Waals surface area (Å²) in [5, 5.41) is 6.78. The summed E-state index contributed by atoms with van der Waals surface area (Å²) < 4.78 is 4.77.